The van der Waals surface area contributed by atoms with Gasteiger partial charge in [-0.15, -0.1) is 0 Å². The first-order chi connectivity index (χ1) is 31.4. The predicted octanol–water partition coefficient (Wildman–Crippen LogP) is 8.76. The number of aromatic nitrogens is 4. The number of likely N-dealkylation sites (tertiary alicyclic amines) is 2. The van der Waals surface area contributed by atoms with Gasteiger partial charge in [0, 0.05) is 17.6 Å². The Balaban J connectivity index is 0.923. The van der Waals surface area contributed by atoms with Gasteiger partial charge in [0.2, 0.25) is 11.8 Å². The Morgan fingerprint density at radius 2 is 1.15 bits per heavy atom. The van der Waals surface area contributed by atoms with Crippen molar-refractivity contribution in [2.24, 2.45) is 23.7 Å². The van der Waals surface area contributed by atoms with Crippen LogP contribution in [0.2, 0.25) is 0 Å². The van der Waals surface area contributed by atoms with Crippen LogP contribution in [0.4, 0.5) is 9.59 Å². The van der Waals surface area contributed by atoms with E-state index in [1.54, 1.807) is 0 Å². The third-order valence-corrected chi connectivity index (χ3v) is 16.3. The molecule has 1 spiro atoms. The summed E-state index contributed by atoms with van der Waals surface area (Å²) in [4.78, 5) is 74.1. The van der Waals surface area contributed by atoms with Crippen molar-refractivity contribution >= 4 is 24.0 Å². The first-order valence-corrected chi connectivity index (χ1v) is 24.1. The van der Waals surface area contributed by atoms with Crippen molar-refractivity contribution < 1.29 is 28.7 Å². The molecule has 4 N–H and O–H groups in total. The summed E-state index contributed by atoms with van der Waals surface area (Å²) < 4.78 is 9.76. The van der Waals surface area contributed by atoms with Crippen molar-refractivity contribution in [3.05, 3.63) is 71.6 Å². The Morgan fingerprint density at radius 1 is 0.662 bits per heavy atom. The lowest BCUT2D eigenvalue weighted by Gasteiger charge is -2.37. The Kier molecular flexibility index (Phi) is 11.3. The van der Waals surface area contributed by atoms with Crippen molar-refractivity contribution in [3.63, 3.8) is 0 Å². The summed E-state index contributed by atoms with van der Waals surface area (Å²) in [5.74, 6) is 1.89. The Labute approximate surface area is 381 Å². The molecule has 65 heavy (non-hydrogen) atoms. The number of alkyl carbamates (subject to hydrolysis) is 2. The predicted molar refractivity (Wildman–Crippen MR) is 245 cm³/mol. The fourth-order valence-corrected chi connectivity index (χ4v) is 13.2. The number of nitrogens with zero attached hydrogens (tertiary/aromatic N) is 4. The summed E-state index contributed by atoms with van der Waals surface area (Å²) in [6.45, 7) is 7.79. The minimum Gasteiger partial charge on any atom is -0.453 e. The summed E-state index contributed by atoms with van der Waals surface area (Å²) in [7, 11) is 2.64. The summed E-state index contributed by atoms with van der Waals surface area (Å²) in [6.07, 6.45) is 15.6. The fraction of sp³-hybridized carbons (Fsp3) is 0.569. The van der Waals surface area contributed by atoms with E-state index in [0.29, 0.717) is 11.8 Å². The van der Waals surface area contributed by atoms with Gasteiger partial charge in [-0.2, -0.15) is 0 Å². The van der Waals surface area contributed by atoms with Gasteiger partial charge < -0.3 is 39.9 Å². The number of ether oxygens (including phenoxy) is 2. The van der Waals surface area contributed by atoms with Crippen molar-refractivity contribution in [1.82, 2.24) is 40.4 Å². The van der Waals surface area contributed by atoms with E-state index in [0.717, 1.165) is 80.0 Å². The fourth-order valence-electron chi connectivity index (χ4n) is 13.2. The lowest BCUT2D eigenvalue weighted by Crippen LogP contribution is -2.54. The number of rotatable bonds is 11. The third kappa shape index (κ3) is 7.39. The minimum absolute atomic E-state index is 0.0710. The highest BCUT2D eigenvalue weighted by Crippen LogP contribution is 2.56. The van der Waals surface area contributed by atoms with E-state index in [-0.39, 0.29) is 53.2 Å². The van der Waals surface area contributed by atoms with Crippen molar-refractivity contribution in [2.45, 2.75) is 146 Å². The second-order valence-corrected chi connectivity index (χ2v) is 20.5. The van der Waals surface area contributed by atoms with Crippen molar-refractivity contribution in [2.75, 3.05) is 14.2 Å². The zero-order valence-electron chi connectivity index (χ0n) is 38.6. The van der Waals surface area contributed by atoms with Crippen LogP contribution in [0, 0.1) is 23.7 Å². The molecule has 2 saturated heterocycles. The lowest BCUT2D eigenvalue weighted by atomic mass is 9.76. The number of nitrogens with one attached hydrogen (secondary N) is 4. The number of amides is 4. The van der Waals surface area contributed by atoms with Gasteiger partial charge in [-0.1, -0.05) is 76.9 Å². The molecule has 4 amide bonds. The number of imidazole rings is 2. The van der Waals surface area contributed by atoms with Gasteiger partial charge in [0.25, 0.3) is 0 Å². The summed E-state index contributed by atoms with van der Waals surface area (Å²) in [6, 6.07) is 11.9. The zero-order chi connectivity index (χ0) is 45.3. The van der Waals surface area contributed by atoms with Gasteiger partial charge in [-0.3, -0.25) is 9.59 Å². The highest BCUT2D eigenvalue weighted by Gasteiger charge is 2.53. The number of benzene rings is 2. The molecule has 6 aliphatic rings. The number of carbonyl (C=O) groups is 4. The third-order valence-electron chi connectivity index (χ3n) is 16.3. The van der Waals surface area contributed by atoms with Gasteiger partial charge in [0.15, 0.2) is 0 Å². The first kappa shape index (κ1) is 43.2. The van der Waals surface area contributed by atoms with Crippen LogP contribution in [-0.4, -0.2) is 92.1 Å². The first-order valence-electron chi connectivity index (χ1n) is 24.1. The van der Waals surface area contributed by atoms with E-state index < -0.39 is 24.3 Å². The van der Waals surface area contributed by atoms with E-state index in [9.17, 15) is 19.2 Å². The van der Waals surface area contributed by atoms with E-state index in [1.165, 1.54) is 67.7 Å². The number of hydrogen-bond acceptors (Lipinski definition) is 8. The largest absolute Gasteiger partial charge is 0.453 e. The molecule has 8 atom stereocenters. The number of methoxy groups -OCH3 is 2. The van der Waals surface area contributed by atoms with Crippen LogP contribution in [0.3, 0.4) is 0 Å². The van der Waals surface area contributed by atoms with Crippen LogP contribution in [0.1, 0.15) is 133 Å². The molecular weight excluding hydrogens is 821 g/mol. The van der Waals surface area contributed by atoms with Crippen molar-refractivity contribution in [3.8, 4) is 33.6 Å². The highest BCUT2D eigenvalue weighted by molar-refractivity contribution is 5.88. The molecule has 5 fully saturated rings. The van der Waals surface area contributed by atoms with Gasteiger partial charge in [0.05, 0.1) is 50.1 Å². The Hall–Kier alpha value is -5.66. The van der Waals surface area contributed by atoms with Gasteiger partial charge in [-0.05, 0) is 121 Å². The van der Waals surface area contributed by atoms with E-state index in [1.807, 2.05) is 49.9 Å². The van der Waals surface area contributed by atoms with E-state index >= 15 is 0 Å². The molecule has 14 nitrogen and oxygen atoms in total. The number of H-pyrrole nitrogens is 2. The number of carbonyl (C=O) groups excluding carboxylic acids is 4. The van der Waals surface area contributed by atoms with Crippen LogP contribution in [-0.2, 0) is 30.9 Å². The zero-order valence-corrected chi connectivity index (χ0v) is 38.6. The second kappa shape index (κ2) is 17.0. The average Bonchev–Trinajstić information content (AvgIpc) is 4.18. The summed E-state index contributed by atoms with van der Waals surface area (Å²) >= 11 is 0. The summed E-state index contributed by atoms with van der Waals surface area (Å²) in [5.41, 5.74) is 9.63. The maximum absolute atomic E-state index is 14.2. The molecule has 2 aliphatic heterocycles. The molecule has 10 rings (SSSR count). The van der Waals surface area contributed by atoms with Crippen LogP contribution in [0.25, 0.3) is 33.6 Å². The lowest BCUT2D eigenvalue weighted by molar-refractivity contribution is -0.140. The van der Waals surface area contributed by atoms with Crippen molar-refractivity contribution in [1.29, 1.82) is 0 Å². The molecule has 2 aromatic heterocycles. The number of aromatic amines is 2. The van der Waals surface area contributed by atoms with Crippen LogP contribution in [0.15, 0.2) is 48.8 Å². The number of fused-ring (bicyclic) bond motifs is 6. The SMILES string of the molecule is COC(=O)N[C@H](C(=O)N1[C@H]2CC[C@@H](C2)[C@H]1c1ncc(-c2ccc(-c3ccc(-c4cnc([C@@H]5[C@H]6CC[C@@H](C6)N5C(=O)[C@@H](NC(=O)OC)C(C)C)[nH]4)c4c3C3(CCCC3)CC4)cc2)[nH]1)C(C)C. The molecule has 4 aliphatic carbocycles. The van der Waals surface area contributed by atoms with Crippen LogP contribution < -0.4 is 10.6 Å². The van der Waals surface area contributed by atoms with Crippen LogP contribution >= 0.6 is 0 Å². The Bertz CT molecular complexity index is 2470. The molecule has 0 radical (unpaired) electrons. The normalized spacial score (nSPS) is 25.7. The topological polar surface area (TPSA) is 175 Å². The molecule has 344 valence electrons. The summed E-state index contributed by atoms with van der Waals surface area (Å²) in [5, 5.41) is 5.59. The molecule has 2 aromatic carbocycles. The maximum Gasteiger partial charge on any atom is 0.407 e. The molecule has 4 bridgehead atoms. The molecule has 3 saturated carbocycles. The minimum atomic E-state index is -0.681. The van der Waals surface area contributed by atoms with Gasteiger partial charge in [-0.25, -0.2) is 19.6 Å². The Morgan fingerprint density at radius 3 is 1.68 bits per heavy atom. The molecular formula is C51H64N8O6. The number of piperidine rings is 2. The average molecular weight is 885 g/mol. The smallest absolute Gasteiger partial charge is 0.407 e. The van der Waals surface area contributed by atoms with E-state index in [2.05, 4.69) is 57.0 Å². The standard InChI is InChI=1S/C51H64N8O6/c1-27(2)41(56-49(62)64-5)47(60)58-33-15-13-31(23-33)43(58)45-52-25-38(54-45)30-11-9-29(10-12-30)35-17-18-36(37-19-22-51(40(35)37)20-7-8-21-51)39-26-53-46(55-39)44-32-14-16-34(24-32)59(44)48(61)42(28(3)4)57-50(63)65-6/h9-12,17-18,25-28,31-34,41-44H,7-8,13-16,19-24H2,1-6H3,(H,52,54)(H,53,55)(H,56,62)(H,57,63)/t31-,32-,33-,34-,41-,42-,43-,44-/m0/s1. The molecule has 0 unspecified atom stereocenters. The van der Waals surface area contributed by atoms with Crippen LogP contribution in [0.5, 0.6) is 0 Å². The maximum atomic E-state index is 14.2. The van der Waals surface area contributed by atoms with E-state index in [4.69, 9.17) is 19.4 Å². The quantitative estimate of drug-likeness (QED) is 0.116. The molecule has 14 heteroatoms. The number of hydrogen-bond donors (Lipinski definition) is 4. The van der Waals surface area contributed by atoms with Gasteiger partial charge in [0.1, 0.15) is 23.7 Å². The second-order valence-electron chi connectivity index (χ2n) is 20.5. The molecule has 4 heterocycles. The highest BCUT2D eigenvalue weighted by atomic mass is 16.5. The molecule has 4 aromatic rings. The monoisotopic (exact) mass is 884 g/mol. The van der Waals surface area contributed by atoms with Gasteiger partial charge >= 0.3 is 12.2 Å².